The lowest BCUT2D eigenvalue weighted by molar-refractivity contribution is 0.0951. The lowest BCUT2D eigenvalue weighted by Crippen LogP contribution is -2.25. The van der Waals surface area contributed by atoms with Crippen LogP contribution < -0.4 is 14.8 Å². The largest absolute Gasteiger partial charge is 0.493 e. The van der Waals surface area contributed by atoms with E-state index in [0.29, 0.717) is 23.7 Å². The zero-order valence-electron chi connectivity index (χ0n) is 20.6. The number of allylic oxidation sites excluding steroid dienone is 3. The van der Waals surface area contributed by atoms with Crippen LogP contribution in [-0.4, -0.2) is 36.2 Å². The van der Waals surface area contributed by atoms with Gasteiger partial charge in [-0.2, -0.15) is 0 Å². The molecule has 0 radical (unpaired) electrons. The van der Waals surface area contributed by atoms with Gasteiger partial charge in [0.2, 0.25) is 0 Å². The molecule has 3 rings (SSSR count). The van der Waals surface area contributed by atoms with Gasteiger partial charge in [-0.25, -0.2) is 4.98 Å². The van der Waals surface area contributed by atoms with E-state index in [1.165, 1.54) is 11.1 Å². The van der Waals surface area contributed by atoms with Crippen molar-refractivity contribution in [3.05, 3.63) is 84.0 Å². The smallest absolute Gasteiger partial charge is 0.270 e. The fourth-order valence-electron chi connectivity index (χ4n) is 3.62. The lowest BCUT2D eigenvalue weighted by atomic mass is 10.0. The van der Waals surface area contributed by atoms with Crippen molar-refractivity contribution in [1.29, 1.82) is 0 Å². The molecule has 1 heterocycles. The zero-order valence-corrected chi connectivity index (χ0v) is 20.6. The van der Waals surface area contributed by atoms with E-state index in [2.05, 4.69) is 43.2 Å². The first-order chi connectivity index (χ1) is 16.4. The Kier molecular flexibility index (Phi) is 8.68. The normalized spacial score (nSPS) is 11.1. The molecule has 0 aliphatic heterocycles. The Morgan fingerprint density at radius 2 is 1.76 bits per heavy atom. The second-order valence-corrected chi connectivity index (χ2v) is 8.35. The van der Waals surface area contributed by atoms with Gasteiger partial charge < -0.3 is 14.8 Å². The van der Waals surface area contributed by atoms with Gasteiger partial charge in [0.1, 0.15) is 5.69 Å². The number of methoxy groups -OCH3 is 2. The van der Waals surface area contributed by atoms with Gasteiger partial charge in [0.25, 0.3) is 5.91 Å². The van der Waals surface area contributed by atoms with Crippen molar-refractivity contribution in [2.24, 2.45) is 0 Å². The summed E-state index contributed by atoms with van der Waals surface area (Å²) in [6.45, 7) is 6.78. The number of nitrogens with one attached hydrogen (secondary N) is 1. The third-order valence-corrected chi connectivity index (χ3v) is 5.52. The molecule has 0 bridgehead atoms. The molecular formula is C28H33N3O3. The Labute approximate surface area is 201 Å². The minimum Gasteiger partial charge on any atom is -0.493 e. The predicted octanol–water partition coefficient (Wildman–Crippen LogP) is 5.98. The van der Waals surface area contributed by atoms with Gasteiger partial charge in [0, 0.05) is 12.2 Å². The number of rotatable bonds is 10. The molecule has 1 N–H and O–H groups in total. The average Bonchev–Trinajstić information content (AvgIpc) is 3.33. The Morgan fingerprint density at radius 3 is 2.50 bits per heavy atom. The van der Waals surface area contributed by atoms with Gasteiger partial charge in [-0.1, -0.05) is 41.5 Å². The van der Waals surface area contributed by atoms with Crippen molar-refractivity contribution in [1.82, 2.24) is 14.9 Å². The Morgan fingerprint density at radius 1 is 1.00 bits per heavy atom. The highest BCUT2D eigenvalue weighted by Gasteiger charge is 2.13. The maximum atomic E-state index is 12.9. The standard InChI is InChI=1S/C28H33N3O3/c1-20(2)8-6-9-21(3)14-15-30-28(32)25-18-29-19-31(25)24-11-7-10-22(16-24)23-12-13-26(33-4)27(17-23)34-5/h7-8,10-14,16-19H,6,9,15H2,1-5H3,(H,30,32)/b21-14+. The number of benzene rings is 2. The summed E-state index contributed by atoms with van der Waals surface area (Å²) in [5.41, 5.74) is 5.90. The lowest BCUT2D eigenvalue weighted by Gasteiger charge is -2.12. The van der Waals surface area contributed by atoms with Crippen LogP contribution in [0.15, 0.2) is 78.3 Å². The Hall–Kier alpha value is -3.80. The van der Waals surface area contributed by atoms with E-state index >= 15 is 0 Å². The van der Waals surface area contributed by atoms with Gasteiger partial charge in [-0.05, 0) is 69.0 Å². The molecule has 2 aromatic carbocycles. The van der Waals surface area contributed by atoms with E-state index < -0.39 is 0 Å². The SMILES string of the molecule is COc1ccc(-c2cccc(-n3cncc3C(=O)NC/C=C(\C)CCC=C(C)C)c2)cc1OC. The van der Waals surface area contributed by atoms with Gasteiger partial charge in [0.15, 0.2) is 11.5 Å². The zero-order chi connectivity index (χ0) is 24.5. The van der Waals surface area contributed by atoms with Gasteiger partial charge in [-0.15, -0.1) is 0 Å². The third kappa shape index (κ3) is 6.38. The number of carbonyl (C=O) groups excluding carboxylic acids is 1. The molecule has 0 fully saturated rings. The quantitative estimate of drug-likeness (QED) is 0.379. The molecule has 6 nitrogen and oxygen atoms in total. The summed E-state index contributed by atoms with van der Waals surface area (Å²) < 4.78 is 12.6. The summed E-state index contributed by atoms with van der Waals surface area (Å²) in [5, 5.41) is 2.98. The monoisotopic (exact) mass is 459 g/mol. The number of nitrogens with zero attached hydrogens (tertiary/aromatic N) is 2. The number of aromatic nitrogens is 2. The van der Waals surface area contributed by atoms with Gasteiger partial charge in [0.05, 0.1) is 26.7 Å². The summed E-state index contributed by atoms with van der Waals surface area (Å²) in [4.78, 5) is 17.1. The van der Waals surface area contributed by atoms with Crippen molar-refractivity contribution < 1.29 is 14.3 Å². The van der Waals surface area contributed by atoms with Crippen molar-refractivity contribution in [3.8, 4) is 28.3 Å². The first-order valence-electron chi connectivity index (χ1n) is 11.3. The molecule has 0 aliphatic rings. The molecule has 1 amide bonds. The number of hydrogen-bond donors (Lipinski definition) is 1. The van der Waals surface area contributed by atoms with Crippen LogP contribution in [0.5, 0.6) is 11.5 Å². The van der Waals surface area contributed by atoms with Crippen molar-refractivity contribution in [3.63, 3.8) is 0 Å². The van der Waals surface area contributed by atoms with Crippen LogP contribution in [0.4, 0.5) is 0 Å². The fraction of sp³-hybridized carbons (Fsp3) is 0.286. The van der Waals surface area contributed by atoms with Crippen LogP contribution in [-0.2, 0) is 0 Å². The first kappa shape index (κ1) is 24.8. The molecule has 0 saturated heterocycles. The average molecular weight is 460 g/mol. The number of amides is 1. The fourth-order valence-corrected chi connectivity index (χ4v) is 3.62. The van der Waals surface area contributed by atoms with Crippen LogP contribution in [0.2, 0.25) is 0 Å². The molecule has 0 aliphatic carbocycles. The van der Waals surface area contributed by atoms with Crippen molar-refractivity contribution >= 4 is 5.91 Å². The van der Waals surface area contributed by atoms with E-state index in [1.54, 1.807) is 31.3 Å². The topological polar surface area (TPSA) is 65.4 Å². The van der Waals surface area contributed by atoms with E-state index in [0.717, 1.165) is 29.7 Å². The molecule has 0 atom stereocenters. The molecule has 3 aromatic rings. The second kappa shape index (κ2) is 11.9. The maximum Gasteiger partial charge on any atom is 0.270 e. The van der Waals surface area contributed by atoms with E-state index in [9.17, 15) is 4.79 Å². The molecule has 34 heavy (non-hydrogen) atoms. The second-order valence-electron chi connectivity index (χ2n) is 8.35. The number of imidazole rings is 1. The van der Waals surface area contributed by atoms with Gasteiger partial charge >= 0.3 is 0 Å². The summed E-state index contributed by atoms with van der Waals surface area (Å²) in [7, 11) is 3.24. The third-order valence-electron chi connectivity index (χ3n) is 5.52. The summed E-state index contributed by atoms with van der Waals surface area (Å²) in [6, 6.07) is 13.8. The molecule has 6 heteroatoms. The van der Waals surface area contributed by atoms with Crippen LogP contribution in [0.3, 0.4) is 0 Å². The van der Waals surface area contributed by atoms with Gasteiger partial charge in [-0.3, -0.25) is 9.36 Å². The summed E-state index contributed by atoms with van der Waals surface area (Å²) in [6.07, 6.45) is 9.54. The minimum absolute atomic E-state index is 0.164. The highest BCUT2D eigenvalue weighted by molar-refractivity contribution is 5.93. The van der Waals surface area contributed by atoms with E-state index in [1.807, 2.05) is 42.5 Å². The summed E-state index contributed by atoms with van der Waals surface area (Å²) in [5.74, 6) is 1.18. The molecule has 178 valence electrons. The van der Waals surface area contributed by atoms with Crippen LogP contribution >= 0.6 is 0 Å². The highest BCUT2D eigenvalue weighted by Crippen LogP contribution is 2.33. The van der Waals surface area contributed by atoms with E-state index in [4.69, 9.17) is 9.47 Å². The summed E-state index contributed by atoms with van der Waals surface area (Å²) >= 11 is 0. The van der Waals surface area contributed by atoms with Crippen molar-refractivity contribution in [2.45, 2.75) is 33.6 Å². The number of carbonyl (C=O) groups is 1. The molecular weight excluding hydrogens is 426 g/mol. The number of ether oxygens (including phenoxy) is 2. The van der Waals surface area contributed by atoms with Crippen LogP contribution in [0.25, 0.3) is 16.8 Å². The molecule has 0 saturated carbocycles. The molecule has 0 spiro atoms. The Bertz CT molecular complexity index is 1190. The highest BCUT2D eigenvalue weighted by atomic mass is 16.5. The predicted molar refractivity (Wildman–Crippen MR) is 137 cm³/mol. The number of hydrogen-bond acceptors (Lipinski definition) is 4. The molecule has 1 aromatic heterocycles. The van der Waals surface area contributed by atoms with E-state index in [-0.39, 0.29) is 5.91 Å². The maximum absolute atomic E-state index is 12.9. The first-order valence-corrected chi connectivity index (χ1v) is 11.3. The van der Waals surface area contributed by atoms with Crippen molar-refractivity contribution in [2.75, 3.05) is 20.8 Å². The minimum atomic E-state index is -0.164. The Balaban J connectivity index is 1.74. The van der Waals surface area contributed by atoms with Crippen LogP contribution in [0, 0.1) is 0 Å². The van der Waals surface area contributed by atoms with Crippen LogP contribution in [0.1, 0.15) is 44.1 Å². The molecule has 0 unspecified atom stereocenters.